The fourth-order valence-electron chi connectivity index (χ4n) is 1.55. The number of hydrogen-bond donors (Lipinski definition) is 0. The van der Waals surface area contributed by atoms with Crippen LogP contribution in [0.3, 0.4) is 0 Å². The summed E-state index contributed by atoms with van der Waals surface area (Å²) in [6, 6.07) is 0. The zero-order chi connectivity index (χ0) is 15.4. The maximum atomic E-state index is 4.56. The standard InChI is InChI=1S/C16H20N2.C2H6/c1-5-9-10-12-16-15(11-6-2)17-13(7-3)14(8-4)18-16;1-2/h6-8,10-12H,3-5,9H2,1-2H3;1-2H3/b11-6-,12-10-;. The molecule has 0 amide bonds. The second-order valence-electron chi connectivity index (χ2n) is 3.86. The molecule has 1 aromatic heterocycles. The first-order valence-corrected chi connectivity index (χ1v) is 7.22. The first kappa shape index (κ1) is 18.0. The van der Waals surface area contributed by atoms with E-state index in [0.717, 1.165) is 35.6 Å². The molecule has 0 saturated heterocycles. The summed E-state index contributed by atoms with van der Waals surface area (Å²) in [7, 11) is 0. The van der Waals surface area contributed by atoms with Crippen LogP contribution in [0.2, 0.25) is 0 Å². The van der Waals surface area contributed by atoms with Crippen molar-refractivity contribution in [1.82, 2.24) is 9.97 Å². The van der Waals surface area contributed by atoms with E-state index in [1.165, 1.54) is 0 Å². The molecule has 0 aliphatic heterocycles. The predicted molar refractivity (Wildman–Crippen MR) is 92.2 cm³/mol. The van der Waals surface area contributed by atoms with E-state index in [2.05, 4.69) is 36.1 Å². The van der Waals surface area contributed by atoms with Gasteiger partial charge in [0, 0.05) is 0 Å². The van der Waals surface area contributed by atoms with Crippen LogP contribution in [0.1, 0.15) is 63.3 Å². The van der Waals surface area contributed by atoms with Crippen molar-refractivity contribution in [3.8, 4) is 0 Å². The topological polar surface area (TPSA) is 25.8 Å². The Hall–Kier alpha value is -1.96. The highest BCUT2D eigenvalue weighted by Crippen LogP contribution is 2.15. The minimum Gasteiger partial charge on any atom is -0.245 e. The number of rotatable bonds is 6. The van der Waals surface area contributed by atoms with Crippen LogP contribution in [-0.2, 0) is 0 Å². The van der Waals surface area contributed by atoms with Gasteiger partial charge in [-0.3, -0.25) is 0 Å². The van der Waals surface area contributed by atoms with Gasteiger partial charge in [-0.05, 0) is 37.6 Å². The van der Waals surface area contributed by atoms with Crippen LogP contribution in [0, 0.1) is 0 Å². The van der Waals surface area contributed by atoms with Crippen molar-refractivity contribution in [2.24, 2.45) is 0 Å². The third kappa shape index (κ3) is 5.35. The Bertz CT molecular complexity index is 482. The lowest BCUT2D eigenvalue weighted by Crippen LogP contribution is -1.99. The van der Waals surface area contributed by atoms with Gasteiger partial charge in [-0.2, -0.15) is 0 Å². The van der Waals surface area contributed by atoms with Gasteiger partial charge in [-0.15, -0.1) is 0 Å². The number of aromatic nitrogens is 2. The molecule has 0 aliphatic carbocycles. The zero-order valence-electron chi connectivity index (χ0n) is 13.2. The molecule has 0 N–H and O–H groups in total. The van der Waals surface area contributed by atoms with Crippen LogP contribution in [-0.4, -0.2) is 9.97 Å². The minimum absolute atomic E-state index is 0.769. The van der Waals surface area contributed by atoms with E-state index in [4.69, 9.17) is 0 Å². The largest absolute Gasteiger partial charge is 0.245 e. The highest BCUT2D eigenvalue weighted by Gasteiger charge is 2.05. The van der Waals surface area contributed by atoms with E-state index in [9.17, 15) is 0 Å². The molecule has 1 aromatic rings. The van der Waals surface area contributed by atoms with Crippen LogP contribution in [0.15, 0.2) is 25.3 Å². The Kier molecular flexibility index (Phi) is 9.85. The van der Waals surface area contributed by atoms with Gasteiger partial charge in [0.1, 0.15) is 0 Å². The Morgan fingerprint density at radius 1 is 0.900 bits per heavy atom. The number of allylic oxidation sites excluding steroid dienone is 2. The van der Waals surface area contributed by atoms with Crippen molar-refractivity contribution in [2.75, 3.05) is 0 Å². The van der Waals surface area contributed by atoms with Crippen molar-refractivity contribution in [3.63, 3.8) is 0 Å². The van der Waals surface area contributed by atoms with Gasteiger partial charge in [-0.25, -0.2) is 9.97 Å². The molecule has 0 unspecified atom stereocenters. The molecule has 0 saturated carbocycles. The summed E-state index contributed by atoms with van der Waals surface area (Å²) in [5, 5.41) is 0. The lowest BCUT2D eigenvalue weighted by Gasteiger charge is -2.05. The molecular weight excluding hydrogens is 244 g/mol. The smallest absolute Gasteiger partial charge is 0.0891 e. The molecule has 0 atom stereocenters. The van der Waals surface area contributed by atoms with Crippen molar-refractivity contribution in [1.29, 1.82) is 0 Å². The van der Waals surface area contributed by atoms with Crippen molar-refractivity contribution in [2.45, 2.75) is 40.5 Å². The summed E-state index contributed by atoms with van der Waals surface area (Å²) in [6.45, 7) is 15.6. The number of hydrogen-bond acceptors (Lipinski definition) is 2. The molecule has 0 radical (unpaired) electrons. The molecule has 0 fully saturated rings. The van der Waals surface area contributed by atoms with Crippen molar-refractivity contribution < 1.29 is 0 Å². The van der Waals surface area contributed by atoms with Crippen molar-refractivity contribution in [3.05, 3.63) is 48.1 Å². The van der Waals surface area contributed by atoms with Crippen LogP contribution < -0.4 is 0 Å². The third-order valence-electron chi connectivity index (χ3n) is 2.45. The van der Waals surface area contributed by atoms with E-state index in [1.807, 2.05) is 39.0 Å². The van der Waals surface area contributed by atoms with Gasteiger partial charge >= 0.3 is 0 Å². The van der Waals surface area contributed by atoms with Crippen LogP contribution in [0.5, 0.6) is 0 Å². The van der Waals surface area contributed by atoms with E-state index < -0.39 is 0 Å². The number of nitrogens with zero attached hydrogens (tertiary/aromatic N) is 2. The van der Waals surface area contributed by atoms with E-state index in [1.54, 1.807) is 12.2 Å². The summed E-state index contributed by atoms with van der Waals surface area (Å²) in [6.07, 6.45) is 13.6. The van der Waals surface area contributed by atoms with Gasteiger partial charge in [0.05, 0.1) is 22.8 Å². The molecule has 1 rings (SSSR count). The Balaban J connectivity index is 0.00000172. The lowest BCUT2D eigenvalue weighted by atomic mass is 10.2. The Labute approximate surface area is 123 Å². The van der Waals surface area contributed by atoms with Crippen molar-refractivity contribution >= 4 is 24.3 Å². The van der Waals surface area contributed by atoms with Gasteiger partial charge < -0.3 is 0 Å². The summed E-state index contributed by atoms with van der Waals surface area (Å²) in [5.41, 5.74) is 3.28. The van der Waals surface area contributed by atoms with E-state index in [-0.39, 0.29) is 0 Å². The molecule has 1 heterocycles. The Morgan fingerprint density at radius 3 is 1.80 bits per heavy atom. The molecule has 0 spiro atoms. The number of unbranched alkanes of at least 4 members (excludes halogenated alkanes) is 1. The summed E-state index contributed by atoms with van der Waals surface area (Å²) < 4.78 is 0. The highest BCUT2D eigenvalue weighted by molar-refractivity contribution is 5.65. The highest BCUT2D eigenvalue weighted by atomic mass is 14.8. The fourth-order valence-corrected chi connectivity index (χ4v) is 1.55. The second kappa shape index (κ2) is 10.9. The molecule has 2 nitrogen and oxygen atoms in total. The predicted octanol–water partition coefficient (Wildman–Crippen LogP) is 5.64. The maximum absolute atomic E-state index is 4.56. The molecule has 20 heavy (non-hydrogen) atoms. The molecule has 0 bridgehead atoms. The summed E-state index contributed by atoms with van der Waals surface area (Å²) in [5.74, 6) is 0. The first-order valence-electron chi connectivity index (χ1n) is 7.22. The SMILES string of the molecule is C=Cc1nc(/C=C\C)c(/C=C\CCC)nc1C=C.CC. The van der Waals surface area contributed by atoms with Gasteiger partial charge in [-0.1, -0.05) is 52.5 Å². The maximum Gasteiger partial charge on any atom is 0.0891 e. The summed E-state index contributed by atoms with van der Waals surface area (Å²) in [4.78, 5) is 9.10. The lowest BCUT2D eigenvalue weighted by molar-refractivity contribution is 0.961. The molecular formula is C18H26N2. The molecule has 0 aromatic carbocycles. The fraction of sp³-hybridized carbons (Fsp3) is 0.333. The van der Waals surface area contributed by atoms with E-state index in [0.29, 0.717) is 0 Å². The van der Waals surface area contributed by atoms with Crippen LogP contribution in [0.4, 0.5) is 0 Å². The van der Waals surface area contributed by atoms with Crippen LogP contribution in [0.25, 0.3) is 24.3 Å². The monoisotopic (exact) mass is 270 g/mol. The second-order valence-corrected chi connectivity index (χ2v) is 3.86. The average molecular weight is 270 g/mol. The molecule has 108 valence electrons. The van der Waals surface area contributed by atoms with Crippen LogP contribution >= 0.6 is 0 Å². The normalized spacial score (nSPS) is 10.4. The summed E-state index contributed by atoms with van der Waals surface area (Å²) >= 11 is 0. The van der Waals surface area contributed by atoms with Gasteiger partial charge in [0.25, 0.3) is 0 Å². The van der Waals surface area contributed by atoms with Gasteiger partial charge in [0.15, 0.2) is 0 Å². The first-order chi connectivity index (χ1) is 9.76. The third-order valence-corrected chi connectivity index (χ3v) is 2.45. The van der Waals surface area contributed by atoms with Gasteiger partial charge in [0.2, 0.25) is 0 Å². The zero-order valence-corrected chi connectivity index (χ0v) is 13.2. The average Bonchev–Trinajstić information content (AvgIpc) is 2.50. The molecule has 2 heteroatoms. The van der Waals surface area contributed by atoms with E-state index >= 15 is 0 Å². The quantitative estimate of drug-likeness (QED) is 0.669. The minimum atomic E-state index is 0.769. The molecule has 0 aliphatic rings. The Morgan fingerprint density at radius 2 is 1.40 bits per heavy atom.